The first-order valence-corrected chi connectivity index (χ1v) is 11.1. The molecule has 5 nitrogen and oxygen atoms in total. The van der Waals surface area contributed by atoms with E-state index in [-0.39, 0.29) is 0 Å². The standard InChI is InChI=1S/C27H29N3O2/c1-20-16-23(29-14-12-28(2)13-15-29)17-22-19-30(27(31)26(20)22)18-21-8-10-25(11-9-21)32-24-6-4-3-5-7-24/h3-11,16-17,19,31H,12-15,18H2,1-2H3. The Bertz CT molecular complexity index is 1210. The smallest absolute Gasteiger partial charge is 0.199 e. The lowest BCUT2D eigenvalue weighted by atomic mass is 10.1. The monoisotopic (exact) mass is 427 g/mol. The van der Waals surface area contributed by atoms with Crippen LogP contribution in [0, 0.1) is 6.92 Å². The minimum absolute atomic E-state index is 0.326. The number of anilines is 1. The number of likely N-dealkylation sites (N-methyl/N-ethyl adjacent to an activating group) is 1. The van der Waals surface area contributed by atoms with E-state index in [0.717, 1.165) is 59.6 Å². The van der Waals surface area contributed by atoms with Gasteiger partial charge in [0.05, 0.1) is 6.54 Å². The molecule has 1 fully saturated rings. The summed E-state index contributed by atoms with van der Waals surface area (Å²) in [6.07, 6.45) is 2.06. The summed E-state index contributed by atoms with van der Waals surface area (Å²) in [7, 11) is 2.17. The topological polar surface area (TPSA) is 40.9 Å². The summed E-state index contributed by atoms with van der Waals surface area (Å²) in [6.45, 7) is 6.91. The molecule has 5 heteroatoms. The highest BCUT2D eigenvalue weighted by molar-refractivity contribution is 5.93. The van der Waals surface area contributed by atoms with Crippen molar-refractivity contribution in [3.8, 4) is 17.4 Å². The van der Waals surface area contributed by atoms with Gasteiger partial charge in [0.25, 0.3) is 0 Å². The highest BCUT2D eigenvalue weighted by atomic mass is 16.5. The molecule has 32 heavy (non-hydrogen) atoms. The molecule has 4 aromatic rings. The number of hydrogen-bond acceptors (Lipinski definition) is 4. The van der Waals surface area contributed by atoms with Gasteiger partial charge in [0.2, 0.25) is 0 Å². The first kappa shape index (κ1) is 20.5. The number of fused-ring (bicyclic) bond motifs is 1. The van der Waals surface area contributed by atoms with Gasteiger partial charge in [0, 0.05) is 48.8 Å². The summed E-state index contributed by atoms with van der Waals surface area (Å²) < 4.78 is 7.81. The lowest BCUT2D eigenvalue weighted by Crippen LogP contribution is -2.44. The molecule has 0 spiro atoms. The van der Waals surface area contributed by atoms with Gasteiger partial charge in [-0.15, -0.1) is 0 Å². The van der Waals surface area contributed by atoms with Crippen molar-refractivity contribution in [3.05, 3.63) is 84.1 Å². The van der Waals surface area contributed by atoms with Gasteiger partial charge in [-0.3, -0.25) is 0 Å². The molecule has 1 N–H and O–H groups in total. The minimum atomic E-state index is 0.326. The fourth-order valence-electron chi connectivity index (χ4n) is 4.43. The second-order valence-electron chi connectivity index (χ2n) is 8.66. The van der Waals surface area contributed by atoms with Gasteiger partial charge in [0.1, 0.15) is 11.5 Å². The molecule has 2 heterocycles. The molecule has 0 amide bonds. The van der Waals surface area contributed by atoms with Crippen LogP contribution in [0.3, 0.4) is 0 Å². The summed E-state index contributed by atoms with van der Waals surface area (Å²) in [6, 6.07) is 22.2. The van der Waals surface area contributed by atoms with Crippen LogP contribution in [0.15, 0.2) is 72.9 Å². The molecule has 0 saturated carbocycles. The highest BCUT2D eigenvalue weighted by Gasteiger charge is 2.18. The zero-order chi connectivity index (χ0) is 22.1. The summed E-state index contributed by atoms with van der Waals surface area (Å²) in [4.78, 5) is 4.80. The van der Waals surface area contributed by atoms with E-state index in [1.165, 1.54) is 5.69 Å². The molecule has 0 aliphatic carbocycles. The second kappa shape index (κ2) is 8.60. The van der Waals surface area contributed by atoms with Gasteiger partial charge in [-0.05, 0) is 61.5 Å². The number of hydrogen-bond donors (Lipinski definition) is 1. The van der Waals surface area contributed by atoms with Crippen LogP contribution in [0.25, 0.3) is 10.8 Å². The van der Waals surface area contributed by atoms with E-state index >= 15 is 0 Å². The third-order valence-electron chi connectivity index (χ3n) is 6.26. The molecule has 1 saturated heterocycles. The van der Waals surface area contributed by atoms with Crippen molar-refractivity contribution in [2.24, 2.45) is 0 Å². The summed E-state index contributed by atoms with van der Waals surface area (Å²) in [5, 5.41) is 13.0. The van der Waals surface area contributed by atoms with Gasteiger partial charge < -0.3 is 24.2 Å². The second-order valence-corrected chi connectivity index (χ2v) is 8.66. The van der Waals surface area contributed by atoms with Crippen LogP contribution in [0.5, 0.6) is 17.4 Å². The van der Waals surface area contributed by atoms with Crippen LogP contribution in [0.4, 0.5) is 5.69 Å². The normalized spacial score (nSPS) is 14.8. The Morgan fingerprint density at radius 3 is 2.28 bits per heavy atom. The molecule has 1 aromatic heterocycles. The van der Waals surface area contributed by atoms with E-state index in [1.54, 1.807) is 0 Å². The lowest BCUT2D eigenvalue weighted by Gasteiger charge is -2.34. The predicted octanol–water partition coefficient (Wildman–Crippen LogP) is 5.25. The van der Waals surface area contributed by atoms with Gasteiger partial charge in [0.15, 0.2) is 5.88 Å². The number of nitrogens with zero attached hydrogens (tertiary/aromatic N) is 3. The third-order valence-corrected chi connectivity index (χ3v) is 6.26. The number of aryl methyl sites for hydroxylation is 1. The molecule has 1 aliphatic heterocycles. The van der Waals surface area contributed by atoms with Gasteiger partial charge >= 0.3 is 0 Å². The van der Waals surface area contributed by atoms with E-state index in [0.29, 0.717) is 12.4 Å². The van der Waals surface area contributed by atoms with Crippen LogP contribution < -0.4 is 9.64 Å². The highest BCUT2D eigenvalue weighted by Crippen LogP contribution is 2.35. The average Bonchev–Trinajstić information content (AvgIpc) is 3.12. The van der Waals surface area contributed by atoms with Gasteiger partial charge in [-0.2, -0.15) is 0 Å². The van der Waals surface area contributed by atoms with Crippen LogP contribution >= 0.6 is 0 Å². The molecule has 0 unspecified atom stereocenters. The quantitative estimate of drug-likeness (QED) is 0.472. The maximum atomic E-state index is 10.9. The van der Waals surface area contributed by atoms with Crippen molar-refractivity contribution >= 4 is 16.5 Å². The summed E-state index contributed by atoms with van der Waals surface area (Å²) in [5.74, 6) is 1.95. The Balaban J connectivity index is 1.36. The number of para-hydroxylation sites is 1. The Hall–Kier alpha value is -3.44. The van der Waals surface area contributed by atoms with Crippen LogP contribution in [0.1, 0.15) is 11.1 Å². The van der Waals surface area contributed by atoms with Gasteiger partial charge in [-0.25, -0.2) is 0 Å². The molecule has 0 bridgehead atoms. The fraction of sp³-hybridized carbons (Fsp3) is 0.259. The summed E-state index contributed by atoms with van der Waals surface area (Å²) >= 11 is 0. The van der Waals surface area contributed by atoms with E-state index in [1.807, 2.05) is 59.2 Å². The van der Waals surface area contributed by atoms with Crippen molar-refractivity contribution < 1.29 is 9.84 Å². The fourth-order valence-corrected chi connectivity index (χ4v) is 4.43. The maximum absolute atomic E-state index is 10.9. The molecular formula is C27H29N3O2. The number of ether oxygens (including phenoxy) is 1. The Morgan fingerprint density at radius 1 is 0.875 bits per heavy atom. The van der Waals surface area contributed by atoms with Crippen LogP contribution in [-0.4, -0.2) is 47.8 Å². The maximum Gasteiger partial charge on any atom is 0.199 e. The van der Waals surface area contributed by atoms with E-state index < -0.39 is 0 Å². The molecule has 0 radical (unpaired) electrons. The van der Waals surface area contributed by atoms with E-state index in [2.05, 4.69) is 42.1 Å². The molecule has 0 atom stereocenters. The average molecular weight is 428 g/mol. The number of benzene rings is 3. The first-order valence-electron chi connectivity index (χ1n) is 11.1. The van der Waals surface area contributed by atoms with Crippen LogP contribution in [0.2, 0.25) is 0 Å². The molecule has 5 rings (SSSR count). The number of aromatic nitrogens is 1. The van der Waals surface area contributed by atoms with Gasteiger partial charge in [-0.1, -0.05) is 30.3 Å². The van der Waals surface area contributed by atoms with Crippen molar-refractivity contribution in [3.63, 3.8) is 0 Å². The zero-order valence-corrected chi connectivity index (χ0v) is 18.7. The Morgan fingerprint density at radius 2 is 1.56 bits per heavy atom. The SMILES string of the molecule is Cc1cc(N2CCN(C)CC2)cc2cn(Cc3ccc(Oc4ccccc4)cc3)c(O)c12. The molecule has 3 aromatic carbocycles. The predicted molar refractivity (Wildman–Crippen MR) is 130 cm³/mol. The van der Waals surface area contributed by atoms with Crippen molar-refractivity contribution in [2.45, 2.75) is 13.5 Å². The number of piperazine rings is 1. The largest absolute Gasteiger partial charge is 0.494 e. The van der Waals surface area contributed by atoms with E-state index in [4.69, 9.17) is 4.74 Å². The Labute approximate surface area is 189 Å². The number of rotatable bonds is 5. The molecule has 164 valence electrons. The first-order chi connectivity index (χ1) is 15.6. The molecular weight excluding hydrogens is 398 g/mol. The zero-order valence-electron chi connectivity index (χ0n) is 18.7. The van der Waals surface area contributed by atoms with Crippen molar-refractivity contribution in [1.29, 1.82) is 0 Å². The number of aromatic hydroxyl groups is 1. The van der Waals surface area contributed by atoms with E-state index in [9.17, 15) is 5.11 Å². The van der Waals surface area contributed by atoms with Crippen molar-refractivity contribution in [2.75, 3.05) is 38.1 Å². The minimum Gasteiger partial charge on any atom is -0.494 e. The Kier molecular flexibility index (Phi) is 5.50. The van der Waals surface area contributed by atoms with Crippen LogP contribution in [-0.2, 0) is 6.54 Å². The lowest BCUT2D eigenvalue weighted by molar-refractivity contribution is 0.313. The molecule has 1 aliphatic rings. The third kappa shape index (κ3) is 4.16. The summed E-state index contributed by atoms with van der Waals surface area (Å²) in [5.41, 5.74) is 3.46. The van der Waals surface area contributed by atoms with Crippen molar-refractivity contribution in [1.82, 2.24) is 9.47 Å².